The van der Waals surface area contributed by atoms with E-state index in [-0.39, 0.29) is 6.04 Å². The quantitative estimate of drug-likeness (QED) is 0.804. The average molecular weight is 207 g/mol. The molecule has 0 amide bonds. The third-order valence-corrected chi connectivity index (χ3v) is 3.54. The van der Waals surface area contributed by atoms with E-state index in [2.05, 4.69) is 10.1 Å². The Kier molecular flexibility index (Phi) is 2.24. The molecule has 2 aliphatic rings. The Morgan fingerprint density at radius 2 is 1.93 bits per heavy atom. The lowest BCUT2D eigenvalue weighted by molar-refractivity contribution is 0.289. The van der Waals surface area contributed by atoms with Gasteiger partial charge in [-0.05, 0) is 25.7 Å². The van der Waals surface area contributed by atoms with E-state index in [4.69, 9.17) is 10.3 Å². The number of hydrogen-bond acceptors (Lipinski definition) is 4. The zero-order valence-corrected chi connectivity index (χ0v) is 8.85. The molecule has 0 unspecified atom stereocenters. The summed E-state index contributed by atoms with van der Waals surface area (Å²) in [4.78, 5) is 4.49. The summed E-state index contributed by atoms with van der Waals surface area (Å²) in [7, 11) is 0. The topological polar surface area (TPSA) is 64.9 Å². The monoisotopic (exact) mass is 207 g/mol. The van der Waals surface area contributed by atoms with Gasteiger partial charge in [0.05, 0.1) is 5.92 Å². The van der Waals surface area contributed by atoms with Crippen molar-refractivity contribution in [1.82, 2.24) is 10.1 Å². The van der Waals surface area contributed by atoms with Crippen LogP contribution in [0, 0.1) is 0 Å². The molecule has 1 aromatic rings. The summed E-state index contributed by atoms with van der Waals surface area (Å²) in [6.45, 7) is 0. The van der Waals surface area contributed by atoms with Crippen LogP contribution >= 0.6 is 0 Å². The van der Waals surface area contributed by atoms with Gasteiger partial charge in [-0.25, -0.2) is 0 Å². The minimum atomic E-state index is 0.214. The standard InChI is InChI=1S/C11H17N3O/c12-9-4-2-1-3-8(9)11-13-10(14-15-11)7-5-6-7/h7-9H,1-6,12H2/t8-,9+/m0/s1. The van der Waals surface area contributed by atoms with E-state index in [1.165, 1.54) is 25.7 Å². The molecule has 2 aliphatic carbocycles. The van der Waals surface area contributed by atoms with Crippen LogP contribution in [0.3, 0.4) is 0 Å². The molecular weight excluding hydrogens is 190 g/mol. The van der Waals surface area contributed by atoms with Gasteiger partial charge >= 0.3 is 0 Å². The Morgan fingerprint density at radius 1 is 1.13 bits per heavy atom. The van der Waals surface area contributed by atoms with Gasteiger partial charge in [-0.2, -0.15) is 4.98 Å². The summed E-state index contributed by atoms with van der Waals surface area (Å²) in [6.07, 6.45) is 7.10. The van der Waals surface area contributed by atoms with Crippen LogP contribution in [0.15, 0.2) is 4.52 Å². The number of nitrogens with two attached hydrogens (primary N) is 1. The van der Waals surface area contributed by atoms with Crippen molar-refractivity contribution in [3.8, 4) is 0 Å². The first-order chi connectivity index (χ1) is 7.34. The molecule has 3 rings (SSSR count). The molecule has 0 saturated heterocycles. The van der Waals surface area contributed by atoms with Crippen LogP contribution in [0.5, 0.6) is 0 Å². The molecule has 1 heterocycles. The number of nitrogens with zero attached hydrogens (tertiary/aromatic N) is 2. The fraction of sp³-hybridized carbons (Fsp3) is 0.818. The first kappa shape index (κ1) is 9.33. The molecule has 15 heavy (non-hydrogen) atoms. The van der Waals surface area contributed by atoms with Crippen molar-refractivity contribution in [2.45, 2.75) is 56.4 Å². The van der Waals surface area contributed by atoms with Crippen LogP contribution < -0.4 is 5.73 Å². The second-order valence-electron chi connectivity index (χ2n) is 4.82. The summed E-state index contributed by atoms with van der Waals surface area (Å²) in [5.74, 6) is 2.56. The van der Waals surface area contributed by atoms with Gasteiger partial charge in [0.15, 0.2) is 5.82 Å². The van der Waals surface area contributed by atoms with Gasteiger partial charge in [-0.1, -0.05) is 18.0 Å². The van der Waals surface area contributed by atoms with Gasteiger partial charge in [0.2, 0.25) is 5.89 Å². The Hall–Kier alpha value is -0.900. The van der Waals surface area contributed by atoms with Crippen molar-refractivity contribution in [3.05, 3.63) is 11.7 Å². The molecule has 4 heteroatoms. The van der Waals surface area contributed by atoms with E-state index < -0.39 is 0 Å². The Morgan fingerprint density at radius 3 is 2.67 bits per heavy atom. The summed E-state index contributed by atoms with van der Waals surface area (Å²) in [5, 5.41) is 4.05. The van der Waals surface area contributed by atoms with Crippen molar-refractivity contribution in [3.63, 3.8) is 0 Å². The van der Waals surface area contributed by atoms with E-state index in [0.717, 1.165) is 24.6 Å². The molecule has 0 bridgehead atoms. The minimum absolute atomic E-state index is 0.214. The molecule has 4 nitrogen and oxygen atoms in total. The van der Waals surface area contributed by atoms with Crippen LogP contribution in [0.25, 0.3) is 0 Å². The summed E-state index contributed by atoms with van der Waals surface area (Å²) in [6, 6.07) is 0.214. The normalized spacial score (nSPS) is 31.8. The fourth-order valence-corrected chi connectivity index (χ4v) is 2.37. The van der Waals surface area contributed by atoms with Gasteiger partial charge in [-0.3, -0.25) is 0 Å². The number of rotatable bonds is 2. The predicted octanol–water partition coefficient (Wildman–Crippen LogP) is 1.93. The van der Waals surface area contributed by atoms with Crippen LogP contribution in [0.1, 0.15) is 62.1 Å². The summed E-state index contributed by atoms with van der Waals surface area (Å²) >= 11 is 0. The van der Waals surface area contributed by atoms with E-state index in [1.54, 1.807) is 0 Å². The molecule has 0 aliphatic heterocycles. The average Bonchev–Trinajstić information content (AvgIpc) is 2.99. The Balaban J connectivity index is 1.78. The highest BCUT2D eigenvalue weighted by atomic mass is 16.5. The van der Waals surface area contributed by atoms with Gasteiger partial charge in [0, 0.05) is 12.0 Å². The number of hydrogen-bond donors (Lipinski definition) is 1. The lowest BCUT2D eigenvalue weighted by atomic mass is 9.85. The van der Waals surface area contributed by atoms with Crippen LogP contribution in [0.4, 0.5) is 0 Å². The molecule has 2 atom stereocenters. The highest BCUT2D eigenvalue weighted by Crippen LogP contribution is 2.39. The van der Waals surface area contributed by atoms with Crippen LogP contribution in [-0.4, -0.2) is 16.2 Å². The molecule has 2 N–H and O–H groups in total. The predicted molar refractivity (Wildman–Crippen MR) is 55.5 cm³/mol. The molecule has 0 radical (unpaired) electrons. The van der Waals surface area contributed by atoms with Crippen molar-refractivity contribution in [2.75, 3.05) is 0 Å². The van der Waals surface area contributed by atoms with E-state index in [0.29, 0.717) is 11.8 Å². The third-order valence-electron chi connectivity index (χ3n) is 3.54. The molecule has 0 aromatic carbocycles. The minimum Gasteiger partial charge on any atom is -0.339 e. The second-order valence-corrected chi connectivity index (χ2v) is 4.82. The molecule has 2 fully saturated rings. The zero-order chi connectivity index (χ0) is 10.3. The van der Waals surface area contributed by atoms with Crippen molar-refractivity contribution in [1.29, 1.82) is 0 Å². The summed E-state index contributed by atoms with van der Waals surface area (Å²) in [5.41, 5.74) is 6.08. The van der Waals surface area contributed by atoms with E-state index in [1.807, 2.05) is 0 Å². The van der Waals surface area contributed by atoms with Gasteiger partial charge in [0.25, 0.3) is 0 Å². The zero-order valence-electron chi connectivity index (χ0n) is 8.85. The van der Waals surface area contributed by atoms with Crippen molar-refractivity contribution < 1.29 is 4.52 Å². The highest BCUT2D eigenvalue weighted by Gasteiger charge is 2.32. The first-order valence-electron chi connectivity index (χ1n) is 5.93. The largest absolute Gasteiger partial charge is 0.339 e. The lowest BCUT2D eigenvalue weighted by Gasteiger charge is -2.25. The highest BCUT2D eigenvalue weighted by molar-refractivity contribution is 5.07. The maximum Gasteiger partial charge on any atom is 0.231 e. The molecular formula is C11H17N3O. The maximum atomic E-state index is 6.08. The molecule has 1 aromatic heterocycles. The third kappa shape index (κ3) is 1.78. The smallest absolute Gasteiger partial charge is 0.231 e. The van der Waals surface area contributed by atoms with Gasteiger partial charge in [-0.15, -0.1) is 0 Å². The maximum absolute atomic E-state index is 6.08. The lowest BCUT2D eigenvalue weighted by Crippen LogP contribution is -2.31. The molecule has 82 valence electrons. The van der Waals surface area contributed by atoms with Gasteiger partial charge < -0.3 is 10.3 Å². The second kappa shape index (κ2) is 3.59. The Labute approximate surface area is 89.2 Å². The van der Waals surface area contributed by atoms with Gasteiger partial charge in [0.1, 0.15) is 0 Å². The van der Waals surface area contributed by atoms with E-state index >= 15 is 0 Å². The molecule has 0 spiro atoms. The van der Waals surface area contributed by atoms with Crippen LogP contribution in [0.2, 0.25) is 0 Å². The number of aromatic nitrogens is 2. The Bertz CT molecular complexity index is 345. The SMILES string of the molecule is N[C@@H]1CCCC[C@@H]1c1nc(C2CC2)no1. The summed E-state index contributed by atoms with van der Waals surface area (Å²) < 4.78 is 5.33. The van der Waals surface area contributed by atoms with Crippen LogP contribution in [-0.2, 0) is 0 Å². The van der Waals surface area contributed by atoms with Crippen molar-refractivity contribution in [2.24, 2.45) is 5.73 Å². The van der Waals surface area contributed by atoms with Crippen molar-refractivity contribution >= 4 is 0 Å². The fourth-order valence-electron chi connectivity index (χ4n) is 2.37. The first-order valence-corrected chi connectivity index (χ1v) is 5.93. The van der Waals surface area contributed by atoms with E-state index in [9.17, 15) is 0 Å². The molecule has 2 saturated carbocycles.